The van der Waals surface area contributed by atoms with Crippen molar-refractivity contribution in [3.05, 3.63) is 30.2 Å². The van der Waals surface area contributed by atoms with Crippen LogP contribution < -0.4 is 0 Å². The highest BCUT2D eigenvalue weighted by molar-refractivity contribution is 8.14. The third kappa shape index (κ3) is 3.33. The van der Waals surface area contributed by atoms with Gasteiger partial charge >= 0.3 is 0 Å². The molecule has 0 atom stereocenters. The zero-order valence-corrected chi connectivity index (χ0v) is 13.2. The zero-order valence-electron chi connectivity index (χ0n) is 11.7. The number of hydrogen-bond acceptors (Lipinski definition) is 2. The number of benzene rings is 1. The van der Waals surface area contributed by atoms with Crippen molar-refractivity contribution in [2.24, 2.45) is 5.41 Å². The van der Waals surface area contributed by atoms with Crippen molar-refractivity contribution >= 4 is 30.6 Å². The standard InChI is InChI=1S/C14H17ClFNO2S/c1-14(2,3)6-7-17-9-13(20(15,18)19)11-8-10(16)4-5-12(11)17/h4-5,8-9H,6-7H2,1-3H3. The van der Waals surface area contributed by atoms with Crippen molar-refractivity contribution in [1.82, 2.24) is 4.57 Å². The van der Waals surface area contributed by atoms with Crippen LogP contribution in [0.2, 0.25) is 0 Å². The molecule has 0 aliphatic heterocycles. The first-order valence-electron chi connectivity index (χ1n) is 6.31. The minimum atomic E-state index is -3.89. The molecule has 0 spiro atoms. The molecule has 110 valence electrons. The van der Waals surface area contributed by atoms with Gasteiger partial charge in [-0.1, -0.05) is 20.8 Å². The molecule has 0 saturated carbocycles. The van der Waals surface area contributed by atoms with E-state index in [1.165, 1.54) is 18.3 Å². The molecule has 0 radical (unpaired) electrons. The third-order valence-electron chi connectivity index (χ3n) is 3.17. The van der Waals surface area contributed by atoms with Gasteiger partial charge in [-0.3, -0.25) is 0 Å². The molecule has 0 bridgehead atoms. The summed E-state index contributed by atoms with van der Waals surface area (Å²) >= 11 is 0. The van der Waals surface area contributed by atoms with Crippen LogP contribution in [0.15, 0.2) is 29.3 Å². The lowest BCUT2D eigenvalue weighted by Crippen LogP contribution is -2.09. The van der Waals surface area contributed by atoms with E-state index >= 15 is 0 Å². The first kappa shape index (κ1) is 15.3. The van der Waals surface area contributed by atoms with Gasteiger partial charge in [0.15, 0.2) is 0 Å². The maximum absolute atomic E-state index is 13.3. The van der Waals surface area contributed by atoms with E-state index < -0.39 is 14.9 Å². The van der Waals surface area contributed by atoms with Gasteiger partial charge in [0.25, 0.3) is 9.05 Å². The van der Waals surface area contributed by atoms with Gasteiger partial charge in [0.2, 0.25) is 0 Å². The topological polar surface area (TPSA) is 39.1 Å². The van der Waals surface area contributed by atoms with Crippen LogP contribution in [0.1, 0.15) is 27.2 Å². The molecule has 0 amide bonds. The average Bonchev–Trinajstić information content (AvgIpc) is 2.63. The first-order valence-corrected chi connectivity index (χ1v) is 8.62. The minimum Gasteiger partial charge on any atom is -0.346 e. The Morgan fingerprint density at radius 2 is 1.95 bits per heavy atom. The van der Waals surface area contributed by atoms with Crippen LogP contribution in [0.5, 0.6) is 0 Å². The SMILES string of the molecule is CC(C)(C)CCn1cc(S(=O)(=O)Cl)c2cc(F)ccc21. The molecule has 1 aromatic carbocycles. The summed E-state index contributed by atoms with van der Waals surface area (Å²) in [5.74, 6) is -0.479. The number of halogens is 2. The predicted molar refractivity (Wildman–Crippen MR) is 79.0 cm³/mol. The summed E-state index contributed by atoms with van der Waals surface area (Å²) in [5.41, 5.74) is 0.797. The van der Waals surface area contributed by atoms with Crippen molar-refractivity contribution in [1.29, 1.82) is 0 Å². The van der Waals surface area contributed by atoms with Crippen molar-refractivity contribution in [3.63, 3.8) is 0 Å². The molecular weight excluding hydrogens is 301 g/mol. The zero-order chi connectivity index (χ0) is 15.1. The lowest BCUT2D eigenvalue weighted by atomic mass is 9.92. The van der Waals surface area contributed by atoms with Gasteiger partial charge in [-0.05, 0) is 30.0 Å². The fraction of sp³-hybridized carbons (Fsp3) is 0.429. The summed E-state index contributed by atoms with van der Waals surface area (Å²) < 4.78 is 38.4. The summed E-state index contributed by atoms with van der Waals surface area (Å²) in [4.78, 5) is -0.0393. The van der Waals surface area contributed by atoms with Crippen molar-refractivity contribution in [3.8, 4) is 0 Å². The Hall–Kier alpha value is -1.07. The first-order chi connectivity index (χ1) is 9.08. The highest BCUT2D eigenvalue weighted by Crippen LogP contribution is 2.30. The van der Waals surface area contributed by atoms with E-state index in [-0.39, 0.29) is 10.3 Å². The Morgan fingerprint density at radius 3 is 2.50 bits per heavy atom. The normalized spacial score (nSPS) is 13.1. The Balaban J connectivity index is 2.57. The molecule has 1 aromatic heterocycles. The van der Waals surface area contributed by atoms with Crippen LogP contribution in [0, 0.1) is 11.2 Å². The molecule has 0 unspecified atom stereocenters. The minimum absolute atomic E-state index is 0.0393. The van der Waals surface area contributed by atoms with E-state index in [4.69, 9.17) is 10.7 Å². The molecule has 0 saturated heterocycles. The Kier molecular flexibility index (Phi) is 3.86. The highest BCUT2D eigenvalue weighted by Gasteiger charge is 2.20. The molecule has 2 rings (SSSR count). The monoisotopic (exact) mass is 317 g/mol. The number of aryl methyl sites for hydroxylation is 1. The van der Waals surface area contributed by atoms with Crippen molar-refractivity contribution in [2.75, 3.05) is 0 Å². The fourth-order valence-corrected chi connectivity index (χ4v) is 3.12. The fourth-order valence-electron chi connectivity index (χ4n) is 2.07. The van der Waals surface area contributed by atoms with Crippen LogP contribution in [0.4, 0.5) is 4.39 Å². The summed E-state index contributed by atoms with van der Waals surface area (Å²) in [7, 11) is 1.54. The second-order valence-electron chi connectivity index (χ2n) is 6.10. The molecule has 0 fully saturated rings. The van der Waals surface area contributed by atoms with Gasteiger partial charge in [-0.25, -0.2) is 12.8 Å². The number of hydrogen-bond donors (Lipinski definition) is 0. The number of aromatic nitrogens is 1. The summed E-state index contributed by atoms with van der Waals surface area (Å²) in [6.45, 7) is 6.98. The largest absolute Gasteiger partial charge is 0.346 e. The lowest BCUT2D eigenvalue weighted by molar-refractivity contribution is 0.353. The maximum Gasteiger partial charge on any atom is 0.263 e. The van der Waals surface area contributed by atoms with Gasteiger partial charge in [0.05, 0.1) is 0 Å². The van der Waals surface area contributed by atoms with Gasteiger partial charge in [-0.2, -0.15) is 0 Å². The van der Waals surface area contributed by atoms with E-state index in [1.807, 2.05) is 4.57 Å². The molecule has 1 heterocycles. The van der Waals surface area contributed by atoms with Gasteiger partial charge in [-0.15, -0.1) is 0 Å². The average molecular weight is 318 g/mol. The molecule has 3 nitrogen and oxygen atoms in total. The second-order valence-corrected chi connectivity index (χ2v) is 8.63. The van der Waals surface area contributed by atoms with Crippen LogP contribution in [0.3, 0.4) is 0 Å². The Morgan fingerprint density at radius 1 is 1.30 bits per heavy atom. The molecule has 0 aliphatic rings. The Labute approximate surface area is 122 Å². The molecule has 0 aliphatic carbocycles. The molecular formula is C14H17ClFNO2S. The van der Waals surface area contributed by atoms with E-state index in [9.17, 15) is 12.8 Å². The summed E-state index contributed by atoms with van der Waals surface area (Å²) in [6.07, 6.45) is 2.36. The van der Waals surface area contributed by atoms with Crippen LogP contribution in [0.25, 0.3) is 10.9 Å². The predicted octanol–water partition coefficient (Wildman–Crippen LogP) is 4.14. The van der Waals surface area contributed by atoms with Gasteiger partial charge in [0.1, 0.15) is 10.7 Å². The van der Waals surface area contributed by atoms with Crippen molar-refractivity contribution in [2.45, 2.75) is 38.6 Å². The van der Waals surface area contributed by atoms with Gasteiger partial charge < -0.3 is 4.57 Å². The number of rotatable bonds is 3. The second kappa shape index (κ2) is 5.04. The summed E-state index contributed by atoms with van der Waals surface area (Å²) in [5, 5.41) is 0.328. The maximum atomic E-state index is 13.3. The van der Waals surface area contributed by atoms with Crippen LogP contribution >= 0.6 is 10.7 Å². The van der Waals surface area contributed by atoms with Crippen LogP contribution in [-0.2, 0) is 15.6 Å². The van der Waals surface area contributed by atoms with Gasteiger partial charge in [0, 0.05) is 34.3 Å². The smallest absolute Gasteiger partial charge is 0.263 e. The van der Waals surface area contributed by atoms with E-state index in [0.29, 0.717) is 17.4 Å². The van der Waals surface area contributed by atoms with E-state index in [0.717, 1.165) is 6.42 Å². The van der Waals surface area contributed by atoms with E-state index in [1.54, 1.807) is 6.07 Å². The number of nitrogens with zero attached hydrogens (tertiary/aromatic N) is 1. The number of fused-ring (bicyclic) bond motifs is 1. The molecule has 2 aromatic rings. The molecule has 6 heteroatoms. The van der Waals surface area contributed by atoms with Crippen LogP contribution in [-0.4, -0.2) is 13.0 Å². The lowest BCUT2D eigenvalue weighted by Gasteiger charge is -2.18. The highest BCUT2D eigenvalue weighted by atomic mass is 35.7. The van der Waals surface area contributed by atoms with E-state index in [2.05, 4.69) is 20.8 Å². The molecule has 0 N–H and O–H groups in total. The third-order valence-corrected chi connectivity index (χ3v) is 4.52. The summed E-state index contributed by atoms with van der Waals surface area (Å²) in [6, 6.07) is 4.11. The molecule has 20 heavy (non-hydrogen) atoms. The Bertz CT molecular complexity index is 744. The van der Waals surface area contributed by atoms with Crippen molar-refractivity contribution < 1.29 is 12.8 Å². The quantitative estimate of drug-likeness (QED) is 0.798.